The van der Waals surface area contributed by atoms with Gasteiger partial charge in [0, 0.05) is 5.92 Å². The van der Waals surface area contributed by atoms with Crippen molar-refractivity contribution in [1.29, 1.82) is 5.26 Å². The summed E-state index contributed by atoms with van der Waals surface area (Å²) in [6, 6.07) is 8.14. The van der Waals surface area contributed by atoms with E-state index in [1.807, 2.05) is 25.1 Å². The Morgan fingerprint density at radius 3 is 2.48 bits per heavy atom. The minimum atomic E-state index is -0.705. The molecule has 1 aromatic carbocycles. The molecule has 0 spiro atoms. The molecule has 27 heavy (non-hydrogen) atoms. The van der Waals surface area contributed by atoms with Crippen LogP contribution >= 0.6 is 0 Å². The summed E-state index contributed by atoms with van der Waals surface area (Å²) in [5, 5.41) is 9.24. The molecule has 0 heterocycles. The Morgan fingerprint density at radius 1 is 1.19 bits per heavy atom. The lowest BCUT2D eigenvalue weighted by atomic mass is 9.67. The van der Waals surface area contributed by atoms with Gasteiger partial charge in [0.2, 0.25) is 0 Å². The predicted octanol–water partition coefficient (Wildman–Crippen LogP) is 4.53. The Labute approximate surface area is 161 Å². The van der Waals surface area contributed by atoms with Crippen LogP contribution < -0.4 is 9.47 Å². The lowest BCUT2D eigenvalue weighted by Gasteiger charge is -2.37. The van der Waals surface area contributed by atoms with Crippen molar-refractivity contribution >= 4 is 5.97 Å². The van der Waals surface area contributed by atoms with E-state index < -0.39 is 5.41 Å². The topological polar surface area (TPSA) is 68.6 Å². The van der Waals surface area contributed by atoms with E-state index in [1.54, 1.807) is 7.11 Å². The Hall–Kier alpha value is -2.22. The zero-order chi connectivity index (χ0) is 19.3. The lowest BCUT2D eigenvalue weighted by molar-refractivity contribution is -0.152. The van der Waals surface area contributed by atoms with Crippen LogP contribution in [0, 0.1) is 17.2 Å². The standard InChI is InChI=1S/C22H29NO4/c1-3-26-21(24)22(12-10-16(15-23)11-13-22)17-8-9-19(25-2)20(14-17)27-18-6-4-5-7-18/h8-9,14,16,18H,3-7,10-13H2,1-2H3. The fourth-order valence-electron chi connectivity index (χ4n) is 4.37. The van der Waals surface area contributed by atoms with Crippen molar-refractivity contribution in [3.8, 4) is 17.6 Å². The number of rotatable bonds is 6. The number of methoxy groups -OCH3 is 1. The molecule has 0 saturated heterocycles. The number of nitrogens with zero attached hydrogens (tertiary/aromatic N) is 1. The van der Waals surface area contributed by atoms with Crippen molar-refractivity contribution in [3.63, 3.8) is 0 Å². The first-order valence-electron chi connectivity index (χ1n) is 10.0. The molecular weight excluding hydrogens is 342 g/mol. The Morgan fingerprint density at radius 2 is 1.89 bits per heavy atom. The van der Waals surface area contributed by atoms with Crippen LogP contribution in [0.2, 0.25) is 0 Å². The van der Waals surface area contributed by atoms with Gasteiger partial charge in [-0.1, -0.05) is 6.07 Å². The molecule has 0 unspecified atom stereocenters. The molecule has 3 rings (SSSR count). The van der Waals surface area contributed by atoms with Crippen molar-refractivity contribution in [2.24, 2.45) is 5.92 Å². The SMILES string of the molecule is CCOC(=O)C1(c2ccc(OC)c(OC3CCCC3)c2)CCC(C#N)CC1. The molecule has 0 aromatic heterocycles. The number of nitriles is 1. The molecule has 0 bridgehead atoms. The maximum Gasteiger partial charge on any atom is 0.316 e. The largest absolute Gasteiger partial charge is 0.493 e. The molecular formula is C22H29NO4. The fourth-order valence-corrected chi connectivity index (χ4v) is 4.37. The lowest BCUT2D eigenvalue weighted by Crippen LogP contribution is -2.41. The molecule has 2 aliphatic carbocycles. The van der Waals surface area contributed by atoms with E-state index in [9.17, 15) is 10.1 Å². The fraction of sp³-hybridized carbons (Fsp3) is 0.636. The van der Waals surface area contributed by atoms with E-state index in [2.05, 4.69) is 6.07 Å². The van der Waals surface area contributed by atoms with Crippen molar-refractivity contribution < 1.29 is 19.0 Å². The molecule has 0 radical (unpaired) electrons. The highest BCUT2D eigenvalue weighted by atomic mass is 16.5. The number of carbonyl (C=O) groups excluding carboxylic acids is 1. The summed E-state index contributed by atoms with van der Waals surface area (Å²) >= 11 is 0. The normalized spacial score (nSPS) is 25.6. The van der Waals surface area contributed by atoms with Crippen molar-refractivity contribution in [2.75, 3.05) is 13.7 Å². The maximum absolute atomic E-state index is 12.9. The van der Waals surface area contributed by atoms with Gasteiger partial charge < -0.3 is 14.2 Å². The quantitative estimate of drug-likeness (QED) is 0.687. The average Bonchev–Trinajstić information content (AvgIpc) is 3.21. The van der Waals surface area contributed by atoms with Crippen LogP contribution in [0.4, 0.5) is 0 Å². The smallest absolute Gasteiger partial charge is 0.316 e. The number of carbonyl (C=O) groups is 1. The van der Waals surface area contributed by atoms with Gasteiger partial charge in [-0.2, -0.15) is 5.26 Å². The maximum atomic E-state index is 12.9. The minimum Gasteiger partial charge on any atom is -0.493 e. The molecule has 0 amide bonds. The second kappa shape index (κ2) is 8.65. The molecule has 2 aliphatic rings. The summed E-state index contributed by atoms with van der Waals surface area (Å²) in [5.74, 6) is 1.21. The minimum absolute atomic E-state index is 0.0139. The molecule has 1 aromatic rings. The van der Waals surface area contributed by atoms with E-state index in [4.69, 9.17) is 14.2 Å². The van der Waals surface area contributed by atoms with E-state index in [0.29, 0.717) is 43.8 Å². The summed E-state index contributed by atoms with van der Waals surface area (Å²) in [6.07, 6.45) is 7.37. The number of hydrogen-bond acceptors (Lipinski definition) is 5. The molecule has 5 heteroatoms. The van der Waals surface area contributed by atoms with Gasteiger partial charge >= 0.3 is 5.97 Å². The molecule has 0 N–H and O–H groups in total. The third-order valence-electron chi connectivity index (χ3n) is 6.00. The van der Waals surface area contributed by atoms with Crippen LogP contribution in [0.1, 0.15) is 63.9 Å². The summed E-state index contributed by atoms with van der Waals surface area (Å²) in [5.41, 5.74) is 0.204. The molecule has 146 valence electrons. The van der Waals surface area contributed by atoms with E-state index >= 15 is 0 Å². The van der Waals surface area contributed by atoms with Gasteiger partial charge in [-0.15, -0.1) is 0 Å². The summed E-state index contributed by atoms with van der Waals surface area (Å²) in [7, 11) is 1.63. The van der Waals surface area contributed by atoms with Crippen LogP contribution in [0.5, 0.6) is 11.5 Å². The summed E-state index contributed by atoms with van der Waals surface area (Å²) < 4.78 is 17.2. The van der Waals surface area contributed by atoms with Gasteiger partial charge in [-0.3, -0.25) is 4.79 Å². The van der Waals surface area contributed by atoms with Crippen LogP contribution in [-0.2, 0) is 14.9 Å². The molecule has 2 fully saturated rings. The van der Waals surface area contributed by atoms with Crippen LogP contribution in [-0.4, -0.2) is 25.8 Å². The number of benzene rings is 1. The van der Waals surface area contributed by atoms with E-state index in [1.165, 1.54) is 12.8 Å². The number of hydrogen-bond donors (Lipinski definition) is 0. The molecule has 5 nitrogen and oxygen atoms in total. The van der Waals surface area contributed by atoms with Gasteiger partial charge in [0.05, 0.1) is 31.3 Å². The second-order valence-corrected chi connectivity index (χ2v) is 7.60. The first-order valence-corrected chi connectivity index (χ1v) is 10.0. The zero-order valence-electron chi connectivity index (χ0n) is 16.3. The highest BCUT2D eigenvalue weighted by Gasteiger charge is 2.45. The van der Waals surface area contributed by atoms with Crippen molar-refractivity contribution in [2.45, 2.75) is 69.8 Å². The Kier molecular flexibility index (Phi) is 6.26. The second-order valence-electron chi connectivity index (χ2n) is 7.60. The Bertz CT molecular complexity index is 695. The van der Waals surface area contributed by atoms with Gasteiger partial charge in [0.15, 0.2) is 11.5 Å². The summed E-state index contributed by atoms with van der Waals surface area (Å²) in [6.45, 7) is 2.18. The van der Waals surface area contributed by atoms with Crippen LogP contribution in [0.3, 0.4) is 0 Å². The van der Waals surface area contributed by atoms with Crippen LogP contribution in [0.25, 0.3) is 0 Å². The number of ether oxygens (including phenoxy) is 3. The van der Waals surface area contributed by atoms with Gasteiger partial charge in [-0.05, 0) is 76.0 Å². The predicted molar refractivity (Wildman–Crippen MR) is 102 cm³/mol. The van der Waals surface area contributed by atoms with Crippen LogP contribution in [0.15, 0.2) is 18.2 Å². The van der Waals surface area contributed by atoms with Gasteiger partial charge in [0.1, 0.15) is 0 Å². The molecule has 2 saturated carbocycles. The monoisotopic (exact) mass is 371 g/mol. The average molecular weight is 371 g/mol. The third-order valence-corrected chi connectivity index (χ3v) is 6.00. The number of esters is 1. The van der Waals surface area contributed by atoms with Crippen molar-refractivity contribution in [1.82, 2.24) is 0 Å². The van der Waals surface area contributed by atoms with Crippen molar-refractivity contribution in [3.05, 3.63) is 23.8 Å². The Balaban J connectivity index is 1.94. The first-order chi connectivity index (χ1) is 13.1. The molecule has 0 aliphatic heterocycles. The highest BCUT2D eigenvalue weighted by Crippen LogP contribution is 2.45. The van der Waals surface area contributed by atoms with Gasteiger partial charge in [-0.25, -0.2) is 0 Å². The van der Waals surface area contributed by atoms with E-state index in [-0.39, 0.29) is 18.0 Å². The summed E-state index contributed by atoms with van der Waals surface area (Å²) in [4.78, 5) is 12.9. The van der Waals surface area contributed by atoms with Gasteiger partial charge in [0.25, 0.3) is 0 Å². The highest BCUT2D eigenvalue weighted by molar-refractivity contribution is 5.83. The zero-order valence-corrected chi connectivity index (χ0v) is 16.3. The third kappa shape index (κ3) is 4.05. The molecule has 0 atom stereocenters. The first kappa shape index (κ1) is 19.5. The van der Waals surface area contributed by atoms with E-state index in [0.717, 1.165) is 18.4 Å².